The summed E-state index contributed by atoms with van der Waals surface area (Å²) in [5.74, 6) is -0.782. The van der Waals surface area contributed by atoms with Gasteiger partial charge in [0, 0.05) is 12.6 Å². The lowest BCUT2D eigenvalue weighted by Crippen LogP contribution is -2.26. The van der Waals surface area contributed by atoms with Crippen molar-refractivity contribution in [2.24, 2.45) is 0 Å². The number of nitrogens with one attached hydrogen (secondary N) is 1. The lowest BCUT2D eigenvalue weighted by molar-refractivity contribution is 0.0600. The quantitative estimate of drug-likeness (QED) is 0.867. The maximum Gasteiger partial charge on any atom is 0.337 e. The van der Waals surface area contributed by atoms with Crippen LogP contribution in [0.5, 0.6) is 0 Å². The fourth-order valence-corrected chi connectivity index (χ4v) is 2.72. The van der Waals surface area contributed by atoms with E-state index in [0.717, 1.165) is 38.9 Å². The van der Waals surface area contributed by atoms with Gasteiger partial charge in [-0.1, -0.05) is 6.92 Å². The van der Waals surface area contributed by atoms with Gasteiger partial charge in [0.2, 0.25) is 0 Å². The van der Waals surface area contributed by atoms with Gasteiger partial charge in [-0.15, -0.1) is 0 Å². The summed E-state index contributed by atoms with van der Waals surface area (Å²) in [5.41, 5.74) is 0.748. The van der Waals surface area contributed by atoms with Crippen LogP contribution in [0.2, 0.25) is 0 Å². The maximum atomic E-state index is 13.9. The SMILES string of the molecule is CCN1CCCC(Nc2cc(C(=O)OC)ccc2F)CC1. The third kappa shape index (κ3) is 4.17. The number of likely N-dealkylation sites (tertiary alicyclic amines) is 1. The van der Waals surface area contributed by atoms with Crippen molar-refractivity contribution >= 4 is 11.7 Å². The van der Waals surface area contributed by atoms with Crippen molar-refractivity contribution < 1.29 is 13.9 Å². The Morgan fingerprint density at radius 3 is 2.95 bits per heavy atom. The molecule has 1 N–H and O–H groups in total. The van der Waals surface area contributed by atoms with Crippen LogP contribution >= 0.6 is 0 Å². The predicted molar refractivity (Wildman–Crippen MR) is 81.1 cm³/mol. The molecule has 0 saturated carbocycles. The van der Waals surface area contributed by atoms with Crippen molar-refractivity contribution in [3.05, 3.63) is 29.6 Å². The molecule has 1 unspecified atom stereocenters. The molecule has 1 aliphatic rings. The van der Waals surface area contributed by atoms with Gasteiger partial charge in [-0.05, 0) is 50.6 Å². The zero-order valence-corrected chi connectivity index (χ0v) is 12.7. The van der Waals surface area contributed by atoms with E-state index in [9.17, 15) is 9.18 Å². The van der Waals surface area contributed by atoms with Crippen LogP contribution in [-0.4, -0.2) is 43.7 Å². The third-order valence-corrected chi connectivity index (χ3v) is 4.02. The number of anilines is 1. The Bertz CT molecular complexity index is 493. The summed E-state index contributed by atoms with van der Waals surface area (Å²) in [6.07, 6.45) is 3.10. The van der Waals surface area contributed by atoms with Gasteiger partial charge < -0.3 is 15.0 Å². The number of halogens is 1. The number of hydrogen-bond donors (Lipinski definition) is 1. The van der Waals surface area contributed by atoms with E-state index in [1.165, 1.54) is 25.3 Å². The summed E-state index contributed by atoms with van der Waals surface area (Å²) in [6, 6.07) is 4.52. The molecule has 1 aromatic carbocycles. The number of benzene rings is 1. The second kappa shape index (κ2) is 7.41. The number of ether oxygens (including phenoxy) is 1. The zero-order chi connectivity index (χ0) is 15.2. The van der Waals surface area contributed by atoms with Gasteiger partial charge in [0.05, 0.1) is 18.4 Å². The Morgan fingerprint density at radius 1 is 1.43 bits per heavy atom. The van der Waals surface area contributed by atoms with Crippen molar-refractivity contribution in [1.82, 2.24) is 4.90 Å². The van der Waals surface area contributed by atoms with E-state index in [4.69, 9.17) is 0 Å². The molecule has 0 aliphatic carbocycles. The smallest absolute Gasteiger partial charge is 0.337 e. The van der Waals surface area contributed by atoms with E-state index in [2.05, 4.69) is 21.9 Å². The molecule has 1 aromatic rings. The number of hydrogen-bond acceptors (Lipinski definition) is 4. The minimum absolute atomic E-state index is 0.240. The van der Waals surface area contributed by atoms with E-state index < -0.39 is 5.97 Å². The minimum Gasteiger partial charge on any atom is -0.465 e. The molecule has 116 valence electrons. The Labute approximate surface area is 125 Å². The Kier molecular flexibility index (Phi) is 5.56. The van der Waals surface area contributed by atoms with Crippen molar-refractivity contribution in [3.8, 4) is 0 Å². The fourth-order valence-electron chi connectivity index (χ4n) is 2.72. The van der Waals surface area contributed by atoms with Crippen molar-refractivity contribution in [2.75, 3.05) is 32.1 Å². The number of esters is 1. The van der Waals surface area contributed by atoms with E-state index in [0.29, 0.717) is 11.3 Å². The highest BCUT2D eigenvalue weighted by atomic mass is 19.1. The lowest BCUT2D eigenvalue weighted by Gasteiger charge is -2.19. The van der Waals surface area contributed by atoms with E-state index >= 15 is 0 Å². The number of methoxy groups -OCH3 is 1. The highest BCUT2D eigenvalue weighted by molar-refractivity contribution is 5.90. The second-order valence-electron chi connectivity index (χ2n) is 5.39. The van der Waals surface area contributed by atoms with Gasteiger partial charge in [-0.25, -0.2) is 9.18 Å². The van der Waals surface area contributed by atoms with Crippen LogP contribution < -0.4 is 5.32 Å². The molecule has 0 radical (unpaired) electrons. The van der Waals surface area contributed by atoms with Crippen LogP contribution in [0, 0.1) is 5.82 Å². The molecule has 1 fully saturated rings. The average Bonchev–Trinajstić information content (AvgIpc) is 2.73. The Balaban J connectivity index is 2.06. The van der Waals surface area contributed by atoms with E-state index in [-0.39, 0.29) is 11.9 Å². The number of rotatable bonds is 4. The normalized spacial score (nSPS) is 19.9. The highest BCUT2D eigenvalue weighted by Crippen LogP contribution is 2.21. The Hall–Kier alpha value is -1.62. The monoisotopic (exact) mass is 294 g/mol. The molecule has 0 bridgehead atoms. The summed E-state index contributed by atoms with van der Waals surface area (Å²) in [4.78, 5) is 13.9. The standard InChI is InChI=1S/C16H23FN2O2/c1-3-19-9-4-5-13(8-10-19)18-15-11-12(16(20)21-2)6-7-14(15)17/h6-7,11,13,18H,3-5,8-10H2,1-2H3. The summed E-state index contributed by atoms with van der Waals surface area (Å²) in [6.45, 7) is 5.33. The summed E-state index contributed by atoms with van der Waals surface area (Å²) < 4.78 is 18.6. The van der Waals surface area contributed by atoms with E-state index in [1.54, 1.807) is 0 Å². The molecule has 4 nitrogen and oxygen atoms in total. The molecule has 1 aliphatic heterocycles. The molecule has 2 rings (SSSR count). The number of nitrogens with zero attached hydrogens (tertiary/aromatic N) is 1. The van der Waals surface area contributed by atoms with Crippen molar-refractivity contribution in [1.29, 1.82) is 0 Å². The van der Waals surface area contributed by atoms with Crippen LogP contribution in [0.15, 0.2) is 18.2 Å². The first-order chi connectivity index (χ1) is 10.1. The third-order valence-electron chi connectivity index (χ3n) is 4.02. The summed E-state index contributed by atoms with van der Waals surface area (Å²) in [5, 5.41) is 3.24. The van der Waals surface area contributed by atoms with Gasteiger partial charge in [-0.3, -0.25) is 0 Å². The molecule has 1 atom stereocenters. The van der Waals surface area contributed by atoms with Crippen LogP contribution in [0.4, 0.5) is 10.1 Å². The summed E-state index contributed by atoms with van der Waals surface area (Å²) in [7, 11) is 1.32. The lowest BCUT2D eigenvalue weighted by atomic mass is 10.1. The first-order valence-corrected chi connectivity index (χ1v) is 7.50. The van der Waals surface area contributed by atoms with Crippen molar-refractivity contribution in [3.63, 3.8) is 0 Å². The second-order valence-corrected chi connectivity index (χ2v) is 5.39. The average molecular weight is 294 g/mol. The van der Waals surface area contributed by atoms with Crippen molar-refractivity contribution in [2.45, 2.75) is 32.2 Å². The van der Waals surface area contributed by atoms with Gasteiger partial charge in [0.15, 0.2) is 0 Å². The molecule has 0 amide bonds. The first kappa shape index (κ1) is 15.8. The van der Waals surface area contributed by atoms with Crippen LogP contribution in [0.25, 0.3) is 0 Å². The minimum atomic E-state index is -0.448. The van der Waals surface area contributed by atoms with Crippen LogP contribution in [0.1, 0.15) is 36.5 Å². The molecule has 0 aromatic heterocycles. The molecule has 21 heavy (non-hydrogen) atoms. The molecular formula is C16H23FN2O2. The van der Waals surface area contributed by atoms with Gasteiger partial charge >= 0.3 is 5.97 Å². The molecular weight excluding hydrogens is 271 g/mol. The Morgan fingerprint density at radius 2 is 2.24 bits per heavy atom. The van der Waals surface area contributed by atoms with Crippen LogP contribution in [-0.2, 0) is 4.74 Å². The van der Waals surface area contributed by atoms with Gasteiger partial charge in [-0.2, -0.15) is 0 Å². The van der Waals surface area contributed by atoms with Gasteiger partial charge in [0.1, 0.15) is 5.82 Å². The topological polar surface area (TPSA) is 41.6 Å². The summed E-state index contributed by atoms with van der Waals surface area (Å²) >= 11 is 0. The molecule has 5 heteroatoms. The highest BCUT2D eigenvalue weighted by Gasteiger charge is 2.18. The number of carbonyl (C=O) groups excluding carboxylic acids is 1. The van der Waals surface area contributed by atoms with Gasteiger partial charge in [0.25, 0.3) is 0 Å². The fraction of sp³-hybridized carbons (Fsp3) is 0.562. The van der Waals surface area contributed by atoms with Crippen LogP contribution in [0.3, 0.4) is 0 Å². The predicted octanol–water partition coefficient (Wildman–Crippen LogP) is 2.90. The largest absolute Gasteiger partial charge is 0.465 e. The number of carbonyl (C=O) groups is 1. The molecule has 1 heterocycles. The molecule has 1 saturated heterocycles. The van der Waals surface area contributed by atoms with E-state index in [1.807, 2.05) is 0 Å². The first-order valence-electron chi connectivity index (χ1n) is 7.50. The zero-order valence-electron chi connectivity index (χ0n) is 12.7. The molecule has 0 spiro atoms. The maximum absolute atomic E-state index is 13.9.